The number of nitrogens with one attached hydrogen (secondary N) is 1. The lowest BCUT2D eigenvalue weighted by atomic mass is 10.2. The maximum atomic E-state index is 12.3. The number of benzene rings is 1. The van der Waals surface area contributed by atoms with Gasteiger partial charge in [-0.15, -0.1) is 0 Å². The Balaban J connectivity index is 1.50. The predicted octanol–water partition coefficient (Wildman–Crippen LogP) is 2.47. The molecule has 2 aromatic rings. The van der Waals surface area contributed by atoms with Gasteiger partial charge in [-0.2, -0.15) is 0 Å². The number of aryl methyl sites for hydroxylation is 1. The summed E-state index contributed by atoms with van der Waals surface area (Å²) >= 11 is 5.86. The van der Waals surface area contributed by atoms with E-state index < -0.39 is 0 Å². The summed E-state index contributed by atoms with van der Waals surface area (Å²) in [6.45, 7) is 5.39. The van der Waals surface area contributed by atoms with Crippen LogP contribution in [0.1, 0.15) is 11.1 Å². The molecule has 1 saturated heterocycles. The van der Waals surface area contributed by atoms with Crippen molar-refractivity contribution in [3.8, 4) is 0 Å². The van der Waals surface area contributed by atoms with E-state index in [2.05, 4.69) is 20.2 Å². The lowest BCUT2D eigenvalue weighted by Crippen LogP contribution is -2.52. The number of amides is 2. The Morgan fingerprint density at radius 3 is 2.58 bits per heavy atom. The first-order valence-electron chi connectivity index (χ1n) is 7.92. The number of piperazine rings is 1. The second-order valence-corrected chi connectivity index (χ2v) is 6.23. The molecule has 1 aliphatic rings. The molecule has 3 rings (SSSR count). The normalized spacial score (nSPS) is 14.6. The third-order valence-corrected chi connectivity index (χ3v) is 4.34. The van der Waals surface area contributed by atoms with Gasteiger partial charge in [-0.3, -0.25) is 0 Å². The van der Waals surface area contributed by atoms with Gasteiger partial charge in [0, 0.05) is 49.5 Å². The average Bonchev–Trinajstić information content (AvgIpc) is 2.61. The van der Waals surface area contributed by atoms with E-state index in [4.69, 9.17) is 11.6 Å². The molecule has 1 aromatic carbocycles. The standard InChI is InChI=1S/C17H20ClN5O/c1-13-10-19-12-21-16(13)22-6-8-23(9-7-22)17(24)20-11-14-2-4-15(18)5-3-14/h2-5,10,12H,6-9,11H2,1H3,(H,20,24). The van der Waals surface area contributed by atoms with E-state index >= 15 is 0 Å². The Hall–Kier alpha value is -2.34. The van der Waals surface area contributed by atoms with Crippen molar-refractivity contribution in [3.63, 3.8) is 0 Å². The van der Waals surface area contributed by atoms with Gasteiger partial charge in [-0.05, 0) is 24.6 Å². The van der Waals surface area contributed by atoms with Crippen LogP contribution in [0.15, 0.2) is 36.8 Å². The van der Waals surface area contributed by atoms with E-state index in [1.165, 1.54) is 0 Å². The molecule has 0 atom stereocenters. The Kier molecular flexibility index (Phi) is 5.15. The van der Waals surface area contributed by atoms with E-state index in [0.717, 1.165) is 30.0 Å². The van der Waals surface area contributed by atoms with Crippen LogP contribution in [0.5, 0.6) is 0 Å². The molecule has 24 heavy (non-hydrogen) atoms. The molecule has 2 amide bonds. The summed E-state index contributed by atoms with van der Waals surface area (Å²) in [5.74, 6) is 0.950. The van der Waals surface area contributed by atoms with E-state index in [9.17, 15) is 4.79 Å². The van der Waals surface area contributed by atoms with Gasteiger partial charge >= 0.3 is 6.03 Å². The van der Waals surface area contributed by atoms with Gasteiger partial charge in [0.05, 0.1) is 0 Å². The number of rotatable bonds is 3. The van der Waals surface area contributed by atoms with Crippen molar-refractivity contribution in [2.24, 2.45) is 0 Å². The molecule has 0 spiro atoms. The van der Waals surface area contributed by atoms with Crippen molar-refractivity contribution >= 4 is 23.4 Å². The van der Waals surface area contributed by atoms with Crippen molar-refractivity contribution in [1.82, 2.24) is 20.2 Å². The first kappa shape index (κ1) is 16.5. The monoisotopic (exact) mass is 345 g/mol. The number of aromatic nitrogens is 2. The SMILES string of the molecule is Cc1cncnc1N1CCN(C(=O)NCc2ccc(Cl)cc2)CC1. The van der Waals surface area contributed by atoms with Crippen LogP contribution in [-0.2, 0) is 6.54 Å². The van der Waals surface area contributed by atoms with Crippen molar-refractivity contribution < 1.29 is 4.79 Å². The second kappa shape index (κ2) is 7.49. The molecule has 0 unspecified atom stereocenters. The molecule has 0 saturated carbocycles. The summed E-state index contributed by atoms with van der Waals surface area (Å²) < 4.78 is 0. The summed E-state index contributed by atoms with van der Waals surface area (Å²) in [6, 6.07) is 7.44. The maximum absolute atomic E-state index is 12.3. The van der Waals surface area contributed by atoms with Crippen LogP contribution in [0.2, 0.25) is 5.02 Å². The van der Waals surface area contributed by atoms with Gasteiger partial charge in [0.25, 0.3) is 0 Å². The first-order chi connectivity index (χ1) is 11.6. The van der Waals surface area contributed by atoms with E-state index in [1.54, 1.807) is 6.33 Å². The van der Waals surface area contributed by atoms with Gasteiger partial charge in [0.1, 0.15) is 12.1 Å². The molecule has 2 heterocycles. The summed E-state index contributed by atoms with van der Waals surface area (Å²) in [6.07, 6.45) is 3.38. The van der Waals surface area contributed by atoms with Crippen LogP contribution in [0.3, 0.4) is 0 Å². The fraction of sp³-hybridized carbons (Fsp3) is 0.353. The average molecular weight is 346 g/mol. The zero-order valence-corrected chi connectivity index (χ0v) is 14.3. The molecule has 0 aliphatic carbocycles. The lowest BCUT2D eigenvalue weighted by molar-refractivity contribution is 0.194. The molecule has 1 aliphatic heterocycles. The van der Waals surface area contributed by atoms with Gasteiger partial charge in [0.2, 0.25) is 0 Å². The highest BCUT2D eigenvalue weighted by Crippen LogP contribution is 2.17. The number of halogens is 1. The fourth-order valence-corrected chi connectivity index (χ4v) is 2.86. The molecular weight excluding hydrogens is 326 g/mol. The van der Waals surface area contributed by atoms with Crippen molar-refractivity contribution in [3.05, 3.63) is 52.9 Å². The van der Waals surface area contributed by atoms with Gasteiger partial charge < -0.3 is 15.1 Å². The summed E-state index contributed by atoms with van der Waals surface area (Å²) in [4.78, 5) is 24.7. The van der Waals surface area contributed by atoms with Crippen LogP contribution in [0.4, 0.5) is 10.6 Å². The number of urea groups is 1. The van der Waals surface area contributed by atoms with Crippen LogP contribution >= 0.6 is 11.6 Å². The summed E-state index contributed by atoms with van der Waals surface area (Å²) in [7, 11) is 0. The molecule has 0 radical (unpaired) electrons. The van der Waals surface area contributed by atoms with Gasteiger partial charge in [-0.25, -0.2) is 14.8 Å². The molecule has 126 valence electrons. The summed E-state index contributed by atoms with van der Waals surface area (Å²) in [5.41, 5.74) is 2.08. The quantitative estimate of drug-likeness (QED) is 0.928. The molecule has 1 fully saturated rings. The minimum Gasteiger partial charge on any atom is -0.353 e. The van der Waals surface area contributed by atoms with Gasteiger partial charge in [0.15, 0.2) is 0 Å². The molecule has 7 heteroatoms. The molecular formula is C17H20ClN5O. The maximum Gasteiger partial charge on any atom is 0.317 e. The Morgan fingerprint density at radius 2 is 1.92 bits per heavy atom. The molecule has 0 bridgehead atoms. The predicted molar refractivity (Wildman–Crippen MR) is 94.2 cm³/mol. The van der Waals surface area contributed by atoms with Crippen molar-refractivity contribution in [1.29, 1.82) is 0 Å². The van der Waals surface area contributed by atoms with Crippen LogP contribution in [0.25, 0.3) is 0 Å². The smallest absolute Gasteiger partial charge is 0.317 e. The molecule has 1 aromatic heterocycles. The van der Waals surface area contributed by atoms with E-state index in [1.807, 2.05) is 42.3 Å². The number of carbonyl (C=O) groups excluding carboxylic acids is 1. The number of carbonyl (C=O) groups is 1. The third kappa shape index (κ3) is 3.94. The molecule has 6 nitrogen and oxygen atoms in total. The van der Waals surface area contributed by atoms with E-state index in [-0.39, 0.29) is 6.03 Å². The molecule has 1 N–H and O–H groups in total. The Morgan fingerprint density at radius 1 is 1.21 bits per heavy atom. The highest BCUT2D eigenvalue weighted by Gasteiger charge is 2.22. The second-order valence-electron chi connectivity index (χ2n) is 5.79. The Labute approximate surface area is 146 Å². The third-order valence-electron chi connectivity index (χ3n) is 4.09. The van der Waals surface area contributed by atoms with Crippen molar-refractivity contribution in [2.75, 3.05) is 31.1 Å². The zero-order valence-electron chi connectivity index (χ0n) is 13.6. The van der Waals surface area contributed by atoms with Crippen LogP contribution in [-0.4, -0.2) is 47.1 Å². The minimum absolute atomic E-state index is 0.0380. The zero-order chi connectivity index (χ0) is 16.9. The Bertz CT molecular complexity index is 698. The van der Waals surface area contributed by atoms with Crippen LogP contribution < -0.4 is 10.2 Å². The van der Waals surface area contributed by atoms with Crippen LogP contribution in [0, 0.1) is 6.92 Å². The van der Waals surface area contributed by atoms with Crippen molar-refractivity contribution in [2.45, 2.75) is 13.5 Å². The number of anilines is 1. The number of hydrogen-bond acceptors (Lipinski definition) is 4. The first-order valence-corrected chi connectivity index (χ1v) is 8.30. The minimum atomic E-state index is -0.0380. The topological polar surface area (TPSA) is 61.4 Å². The highest BCUT2D eigenvalue weighted by atomic mass is 35.5. The van der Waals surface area contributed by atoms with Gasteiger partial charge in [-0.1, -0.05) is 23.7 Å². The highest BCUT2D eigenvalue weighted by molar-refractivity contribution is 6.30. The number of hydrogen-bond donors (Lipinski definition) is 1. The fourth-order valence-electron chi connectivity index (χ4n) is 2.74. The summed E-state index contributed by atoms with van der Waals surface area (Å²) in [5, 5.41) is 3.65. The lowest BCUT2D eigenvalue weighted by Gasteiger charge is -2.35. The number of nitrogens with zero attached hydrogens (tertiary/aromatic N) is 4. The van der Waals surface area contributed by atoms with E-state index in [0.29, 0.717) is 24.7 Å². The largest absolute Gasteiger partial charge is 0.353 e.